The number of nitrogens with zero attached hydrogens (tertiary/aromatic N) is 1. The molecule has 2 N–H and O–H groups in total. The molecular formula is C13H22N2O2S. The fourth-order valence-electron chi connectivity index (χ4n) is 2.80. The van der Waals surface area contributed by atoms with Crippen LogP contribution in [0.25, 0.3) is 0 Å². The zero-order valence-electron chi connectivity index (χ0n) is 11.0. The molecule has 1 amide bonds. The molecule has 1 saturated heterocycles. The van der Waals surface area contributed by atoms with Crippen molar-refractivity contribution in [3.8, 4) is 0 Å². The first-order valence-electron chi connectivity index (χ1n) is 6.69. The second kappa shape index (κ2) is 5.53. The Kier molecular flexibility index (Phi) is 4.22. The van der Waals surface area contributed by atoms with Crippen LogP contribution in [0.5, 0.6) is 0 Å². The quantitative estimate of drug-likeness (QED) is 0.783. The van der Waals surface area contributed by atoms with Gasteiger partial charge >= 0.3 is 0 Å². The van der Waals surface area contributed by atoms with Crippen molar-refractivity contribution in [1.82, 2.24) is 4.90 Å². The van der Waals surface area contributed by atoms with Crippen molar-refractivity contribution >= 4 is 23.1 Å². The van der Waals surface area contributed by atoms with Crippen LogP contribution < -0.4 is 5.73 Å². The molecular weight excluding hydrogens is 248 g/mol. The molecule has 0 unspecified atom stereocenters. The van der Waals surface area contributed by atoms with E-state index in [0.29, 0.717) is 37.0 Å². The molecule has 0 aromatic rings. The summed E-state index contributed by atoms with van der Waals surface area (Å²) in [6, 6.07) is 0. The number of rotatable bonds is 4. The first kappa shape index (κ1) is 13.7. The number of ether oxygens (including phenoxy) is 1. The molecule has 0 aromatic carbocycles. The molecule has 18 heavy (non-hydrogen) atoms. The van der Waals surface area contributed by atoms with Gasteiger partial charge in [0.25, 0.3) is 0 Å². The lowest BCUT2D eigenvalue weighted by molar-refractivity contribution is -0.142. The van der Waals surface area contributed by atoms with Crippen LogP contribution in [-0.4, -0.2) is 42.6 Å². The fourth-order valence-corrected chi connectivity index (χ4v) is 3.09. The minimum atomic E-state index is -0.661. The van der Waals surface area contributed by atoms with Crippen molar-refractivity contribution < 1.29 is 9.53 Å². The predicted molar refractivity (Wildman–Crippen MR) is 74.2 cm³/mol. The highest BCUT2D eigenvalue weighted by Gasteiger charge is 2.44. The second-order valence-corrected chi connectivity index (χ2v) is 5.98. The van der Waals surface area contributed by atoms with Crippen molar-refractivity contribution in [2.45, 2.75) is 32.1 Å². The molecule has 0 aromatic heterocycles. The molecule has 1 heterocycles. The lowest BCUT2D eigenvalue weighted by Gasteiger charge is -2.39. The minimum absolute atomic E-state index is 0.0881. The van der Waals surface area contributed by atoms with Gasteiger partial charge in [-0.15, -0.1) is 0 Å². The van der Waals surface area contributed by atoms with Crippen LogP contribution in [0.1, 0.15) is 32.1 Å². The van der Waals surface area contributed by atoms with Crippen LogP contribution in [0.3, 0.4) is 0 Å². The highest BCUT2D eigenvalue weighted by molar-refractivity contribution is 7.80. The highest BCUT2D eigenvalue weighted by Crippen LogP contribution is 2.34. The largest absolute Gasteiger partial charge is 0.392 e. The van der Waals surface area contributed by atoms with Gasteiger partial charge in [-0.05, 0) is 31.6 Å². The molecule has 4 nitrogen and oxygen atoms in total. The number of amides is 1. The average molecular weight is 270 g/mol. The molecule has 2 rings (SSSR count). The summed E-state index contributed by atoms with van der Waals surface area (Å²) in [6.45, 7) is 1.98. The molecule has 1 aliphatic carbocycles. The Hall–Kier alpha value is -0.680. The normalized spacial score (nSPS) is 23.2. The second-order valence-electron chi connectivity index (χ2n) is 5.54. The van der Waals surface area contributed by atoms with Crippen LogP contribution in [0, 0.1) is 11.3 Å². The Bertz CT molecular complexity index is 336. The maximum Gasteiger partial charge on any atom is 0.235 e. The standard InChI is InChI=1S/C13H22N2O2S/c1-15(9-10-3-2-4-10)12(16)13(11(14)18)5-7-17-8-6-13/h10H,2-9H2,1H3,(H2,14,18). The first-order valence-corrected chi connectivity index (χ1v) is 7.10. The predicted octanol–water partition coefficient (Wildman–Crippen LogP) is 1.33. The monoisotopic (exact) mass is 270 g/mol. The van der Waals surface area contributed by atoms with Gasteiger partial charge in [0, 0.05) is 26.8 Å². The van der Waals surface area contributed by atoms with E-state index in [9.17, 15) is 4.79 Å². The van der Waals surface area contributed by atoms with Crippen molar-refractivity contribution in [2.24, 2.45) is 17.1 Å². The summed E-state index contributed by atoms with van der Waals surface area (Å²) in [5.74, 6) is 0.757. The van der Waals surface area contributed by atoms with E-state index in [1.165, 1.54) is 19.3 Å². The van der Waals surface area contributed by atoms with Gasteiger partial charge in [-0.3, -0.25) is 4.79 Å². The Morgan fingerprint density at radius 3 is 2.50 bits per heavy atom. The van der Waals surface area contributed by atoms with Gasteiger partial charge in [0.15, 0.2) is 0 Å². The summed E-state index contributed by atoms with van der Waals surface area (Å²) in [4.78, 5) is 14.8. The highest BCUT2D eigenvalue weighted by atomic mass is 32.1. The van der Waals surface area contributed by atoms with Crippen LogP contribution in [0.15, 0.2) is 0 Å². The lowest BCUT2D eigenvalue weighted by Crippen LogP contribution is -2.53. The fraction of sp³-hybridized carbons (Fsp3) is 0.846. The van der Waals surface area contributed by atoms with E-state index >= 15 is 0 Å². The molecule has 0 radical (unpaired) electrons. The molecule has 5 heteroatoms. The zero-order valence-corrected chi connectivity index (χ0v) is 11.8. The van der Waals surface area contributed by atoms with Gasteiger partial charge in [-0.1, -0.05) is 18.6 Å². The maximum absolute atomic E-state index is 12.6. The number of thiocarbonyl (C=S) groups is 1. The molecule has 0 atom stereocenters. The summed E-state index contributed by atoms with van der Waals surface area (Å²) in [6.07, 6.45) is 5.01. The summed E-state index contributed by atoms with van der Waals surface area (Å²) < 4.78 is 5.33. The minimum Gasteiger partial charge on any atom is -0.392 e. The Morgan fingerprint density at radius 2 is 2.06 bits per heavy atom. The van der Waals surface area contributed by atoms with Crippen molar-refractivity contribution in [3.63, 3.8) is 0 Å². The van der Waals surface area contributed by atoms with E-state index in [1.807, 2.05) is 11.9 Å². The number of carbonyl (C=O) groups excluding carboxylic acids is 1. The maximum atomic E-state index is 12.6. The van der Waals surface area contributed by atoms with Gasteiger partial charge < -0.3 is 15.4 Å². The van der Waals surface area contributed by atoms with Crippen LogP contribution in [0.2, 0.25) is 0 Å². The Morgan fingerprint density at radius 1 is 1.44 bits per heavy atom. The Labute approximate surface area is 114 Å². The van der Waals surface area contributed by atoms with Gasteiger partial charge in [0.2, 0.25) is 5.91 Å². The van der Waals surface area contributed by atoms with E-state index in [-0.39, 0.29) is 5.91 Å². The molecule has 1 aliphatic heterocycles. The van der Waals surface area contributed by atoms with Gasteiger partial charge in [0.1, 0.15) is 5.41 Å². The van der Waals surface area contributed by atoms with Gasteiger partial charge in [-0.2, -0.15) is 0 Å². The number of carbonyl (C=O) groups is 1. The van der Waals surface area contributed by atoms with E-state index < -0.39 is 5.41 Å². The topological polar surface area (TPSA) is 55.6 Å². The van der Waals surface area contributed by atoms with Crippen LogP contribution in [0.4, 0.5) is 0 Å². The van der Waals surface area contributed by atoms with Gasteiger partial charge in [0.05, 0.1) is 4.99 Å². The smallest absolute Gasteiger partial charge is 0.235 e. The lowest BCUT2D eigenvalue weighted by atomic mass is 9.78. The molecule has 0 bridgehead atoms. The first-order chi connectivity index (χ1) is 8.56. The summed E-state index contributed by atoms with van der Waals surface area (Å²) >= 11 is 5.15. The van der Waals surface area contributed by atoms with Crippen molar-refractivity contribution in [1.29, 1.82) is 0 Å². The van der Waals surface area contributed by atoms with Crippen LogP contribution >= 0.6 is 12.2 Å². The van der Waals surface area contributed by atoms with Crippen molar-refractivity contribution in [3.05, 3.63) is 0 Å². The zero-order chi connectivity index (χ0) is 13.2. The summed E-state index contributed by atoms with van der Waals surface area (Å²) in [5, 5.41) is 0. The number of hydrogen-bond acceptors (Lipinski definition) is 3. The summed E-state index contributed by atoms with van der Waals surface area (Å²) in [7, 11) is 1.87. The summed E-state index contributed by atoms with van der Waals surface area (Å²) in [5.41, 5.74) is 5.19. The van der Waals surface area contributed by atoms with Gasteiger partial charge in [-0.25, -0.2) is 0 Å². The third-order valence-corrected chi connectivity index (χ3v) is 4.72. The molecule has 102 valence electrons. The molecule has 1 saturated carbocycles. The number of nitrogens with two attached hydrogens (primary N) is 1. The third-order valence-electron chi connectivity index (χ3n) is 4.33. The van der Waals surface area contributed by atoms with E-state index in [4.69, 9.17) is 22.7 Å². The third kappa shape index (κ3) is 2.52. The Balaban J connectivity index is 2.04. The molecule has 2 fully saturated rings. The van der Waals surface area contributed by atoms with E-state index in [0.717, 1.165) is 6.54 Å². The molecule has 2 aliphatic rings. The van der Waals surface area contributed by atoms with Crippen molar-refractivity contribution in [2.75, 3.05) is 26.8 Å². The molecule has 0 spiro atoms. The van der Waals surface area contributed by atoms with Crippen LogP contribution in [-0.2, 0) is 9.53 Å². The SMILES string of the molecule is CN(CC1CCC1)C(=O)C1(C(N)=S)CCOCC1. The number of hydrogen-bond donors (Lipinski definition) is 1. The van der Waals surface area contributed by atoms with E-state index in [1.54, 1.807) is 0 Å². The van der Waals surface area contributed by atoms with E-state index in [2.05, 4.69) is 0 Å². The average Bonchev–Trinajstić information content (AvgIpc) is 2.33.